The molecule has 2 unspecified atom stereocenters. The van der Waals surface area contributed by atoms with Gasteiger partial charge in [-0.2, -0.15) is 0 Å². The summed E-state index contributed by atoms with van der Waals surface area (Å²) < 4.78 is 5.16. The van der Waals surface area contributed by atoms with Crippen LogP contribution in [0.1, 0.15) is 39.8 Å². The van der Waals surface area contributed by atoms with E-state index in [1.807, 2.05) is 0 Å². The molecule has 1 fully saturated rings. The monoisotopic (exact) mass is 375 g/mol. The number of carbonyl (C=O) groups is 2. The summed E-state index contributed by atoms with van der Waals surface area (Å²) in [5.74, 6) is 0.318. The first-order valence-corrected chi connectivity index (χ1v) is 9.00. The fourth-order valence-electron chi connectivity index (χ4n) is 3.06. The Bertz CT molecular complexity index is 818. The number of benzene rings is 1. The van der Waals surface area contributed by atoms with Gasteiger partial charge in [-0.1, -0.05) is 18.5 Å². The Hall–Kier alpha value is -2.31. The number of nitrogens with one attached hydrogen (secondary N) is 3. The van der Waals surface area contributed by atoms with Gasteiger partial charge in [0.05, 0.1) is 23.1 Å². The molecule has 2 aromatic rings. The molecule has 0 aliphatic carbocycles. The van der Waals surface area contributed by atoms with Gasteiger partial charge in [-0.15, -0.1) is 0 Å². The highest BCUT2D eigenvalue weighted by atomic mass is 35.5. The summed E-state index contributed by atoms with van der Waals surface area (Å²) >= 11 is 6.06. The van der Waals surface area contributed by atoms with Gasteiger partial charge in [-0.25, -0.2) is 0 Å². The molecular weight excluding hydrogens is 354 g/mol. The molecule has 3 N–H and O–H groups in total. The summed E-state index contributed by atoms with van der Waals surface area (Å²) in [5.41, 5.74) is 1.17. The lowest BCUT2D eigenvalue weighted by molar-refractivity contribution is 0.0916. The van der Waals surface area contributed by atoms with E-state index >= 15 is 0 Å². The summed E-state index contributed by atoms with van der Waals surface area (Å²) in [4.78, 5) is 25.2. The van der Waals surface area contributed by atoms with Gasteiger partial charge < -0.3 is 20.4 Å². The van der Waals surface area contributed by atoms with Crippen LogP contribution in [0.25, 0.3) is 0 Å². The zero-order chi connectivity index (χ0) is 18.7. The molecule has 1 aliphatic heterocycles. The molecule has 2 heterocycles. The van der Waals surface area contributed by atoms with E-state index in [1.54, 1.807) is 31.2 Å². The van der Waals surface area contributed by atoms with Crippen molar-refractivity contribution in [2.45, 2.75) is 26.3 Å². The van der Waals surface area contributed by atoms with E-state index in [-0.39, 0.29) is 17.9 Å². The summed E-state index contributed by atoms with van der Waals surface area (Å²) in [6.45, 7) is 5.52. The summed E-state index contributed by atoms with van der Waals surface area (Å²) in [6.07, 6.45) is 2.46. The number of furan rings is 1. The predicted octanol–water partition coefficient (Wildman–Crippen LogP) is 3.22. The fourth-order valence-corrected chi connectivity index (χ4v) is 3.23. The van der Waals surface area contributed by atoms with Crippen LogP contribution in [-0.2, 0) is 0 Å². The van der Waals surface area contributed by atoms with Crippen LogP contribution in [0.4, 0.5) is 5.69 Å². The Morgan fingerprint density at radius 3 is 2.73 bits per heavy atom. The van der Waals surface area contributed by atoms with E-state index in [2.05, 4.69) is 22.9 Å². The average Bonchev–Trinajstić information content (AvgIpc) is 3.03. The third-order valence-electron chi connectivity index (χ3n) is 4.72. The van der Waals surface area contributed by atoms with E-state index in [4.69, 9.17) is 16.0 Å². The molecule has 2 amide bonds. The van der Waals surface area contributed by atoms with Gasteiger partial charge in [0.1, 0.15) is 5.76 Å². The molecule has 1 aromatic heterocycles. The zero-order valence-electron chi connectivity index (χ0n) is 14.8. The maximum Gasteiger partial charge on any atom is 0.259 e. The Balaban J connectivity index is 1.80. The minimum atomic E-state index is -0.347. The third kappa shape index (κ3) is 4.08. The van der Waals surface area contributed by atoms with Crippen LogP contribution < -0.4 is 16.0 Å². The minimum Gasteiger partial charge on any atom is -0.469 e. The van der Waals surface area contributed by atoms with E-state index < -0.39 is 0 Å². The van der Waals surface area contributed by atoms with Gasteiger partial charge in [0, 0.05) is 17.6 Å². The molecule has 7 heteroatoms. The zero-order valence-corrected chi connectivity index (χ0v) is 15.5. The fraction of sp³-hybridized carbons (Fsp3) is 0.368. The van der Waals surface area contributed by atoms with Gasteiger partial charge in [-0.3, -0.25) is 9.59 Å². The number of hydrogen-bond donors (Lipinski definition) is 3. The molecule has 26 heavy (non-hydrogen) atoms. The molecule has 0 radical (unpaired) electrons. The van der Waals surface area contributed by atoms with Crippen molar-refractivity contribution in [1.29, 1.82) is 0 Å². The van der Waals surface area contributed by atoms with Crippen LogP contribution in [0, 0.1) is 12.8 Å². The molecular formula is C19H22ClN3O3. The number of halogens is 1. The second kappa shape index (κ2) is 7.93. The van der Waals surface area contributed by atoms with Crippen LogP contribution in [0.15, 0.2) is 34.9 Å². The molecule has 138 valence electrons. The highest BCUT2D eigenvalue weighted by molar-refractivity contribution is 6.31. The maximum atomic E-state index is 12.8. The highest BCUT2D eigenvalue weighted by Gasteiger charge is 2.24. The van der Waals surface area contributed by atoms with Crippen molar-refractivity contribution in [3.63, 3.8) is 0 Å². The smallest absolute Gasteiger partial charge is 0.259 e. The number of carbonyl (C=O) groups excluding carboxylic acids is 2. The van der Waals surface area contributed by atoms with Crippen LogP contribution in [-0.4, -0.2) is 30.9 Å². The Kier molecular flexibility index (Phi) is 5.64. The Morgan fingerprint density at radius 2 is 2.04 bits per heavy atom. The normalized spacial score (nSPS) is 19.8. The van der Waals surface area contributed by atoms with Gasteiger partial charge >= 0.3 is 0 Å². The van der Waals surface area contributed by atoms with Crippen LogP contribution >= 0.6 is 11.6 Å². The molecule has 6 nitrogen and oxygen atoms in total. The van der Waals surface area contributed by atoms with Gasteiger partial charge in [-0.05, 0) is 50.1 Å². The first-order valence-electron chi connectivity index (χ1n) is 8.62. The molecule has 0 saturated carbocycles. The molecule has 3 rings (SSSR count). The van der Waals surface area contributed by atoms with Crippen molar-refractivity contribution >= 4 is 29.1 Å². The first kappa shape index (κ1) is 18.5. The second-order valence-electron chi connectivity index (χ2n) is 6.58. The number of hydrogen-bond acceptors (Lipinski definition) is 4. The van der Waals surface area contributed by atoms with Crippen molar-refractivity contribution in [3.05, 3.63) is 52.4 Å². The van der Waals surface area contributed by atoms with Crippen molar-refractivity contribution < 1.29 is 14.0 Å². The molecule has 1 saturated heterocycles. The SMILES string of the molecule is Cc1occc1C(=O)Nc1cc(Cl)ccc1C(=O)NC1CNCCC1C. The lowest BCUT2D eigenvalue weighted by Crippen LogP contribution is -2.50. The summed E-state index contributed by atoms with van der Waals surface area (Å²) in [7, 11) is 0. The first-order chi connectivity index (χ1) is 12.5. The minimum absolute atomic E-state index is 0.0478. The molecule has 0 bridgehead atoms. The van der Waals surface area contributed by atoms with Crippen molar-refractivity contribution in [2.24, 2.45) is 5.92 Å². The lowest BCUT2D eigenvalue weighted by atomic mass is 9.94. The predicted molar refractivity (Wildman–Crippen MR) is 101 cm³/mol. The van der Waals surface area contributed by atoms with Gasteiger partial charge in [0.2, 0.25) is 0 Å². The molecule has 1 aliphatic rings. The van der Waals surface area contributed by atoms with E-state index in [0.717, 1.165) is 19.5 Å². The molecule has 1 aromatic carbocycles. The van der Waals surface area contributed by atoms with Crippen molar-refractivity contribution in [2.75, 3.05) is 18.4 Å². The molecule has 2 atom stereocenters. The van der Waals surface area contributed by atoms with Crippen molar-refractivity contribution in [1.82, 2.24) is 10.6 Å². The quantitative estimate of drug-likeness (QED) is 0.766. The van der Waals surface area contributed by atoms with E-state index in [1.165, 1.54) is 6.26 Å². The van der Waals surface area contributed by atoms with E-state index in [0.29, 0.717) is 33.5 Å². The Morgan fingerprint density at radius 1 is 1.23 bits per heavy atom. The number of aryl methyl sites for hydroxylation is 1. The summed E-state index contributed by atoms with van der Waals surface area (Å²) in [6, 6.07) is 6.47. The topological polar surface area (TPSA) is 83.4 Å². The second-order valence-corrected chi connectivity index (χ2v) is 7.02. The van der Waals surface area contributed by atoms with Crippen LogP contribution in [0.3, 0.4) is 0 Å². The number of amides is 2. The van der Waals surface area contributed by atoms with Crippen LogP contribution in [0.5, 0.6) is 0 Å². The maximum absolute atomic E-state index is 12.8. The number of anilines is 1. The standard InChI is InChI=1S/C19H22ClN3O3/c1-11-5-7-21-10-17(11)23-19(25)15-4-3-13(20)9-16(15)22-18(24)14-6-8-26-12(14)2/h3-4,6,8-9,11,17,21H,5,7,10H2,1-2H3,(H,22,24)(H,23,25). The number of piperidine rings is 1. The largest absolute Gasteiger partial charge is 0.469 e. The molecule has 0 spiro atoms. The van der Waals surface area contributed by atoms with Crippen molar-refractivity contribution in [3.8, 4) is 0 Å². The van der Waals surface area contributed by atoms with Crippen LogP contribution in [0.2, 0.25) is 5.02 Å². The van der Waals surface area contributed by atoms with E-state index in [9.17, 15) is 9.59 Å². The summed E-state index contributed by atoms with van der Waals surface area (Å²) in [5, 5.41) is 9.54. The number of rotatable bonds is 4. The lowest BCUT2D eigenvalue weighted by Gasteiger charge is -2.30. The third-order valence-corrected chi connectivity index (χ3v) is 4.96. The average molecular weight is 376 g/mol. The Labute approximate surface area is 157 Å². The highest BCUT2D eigenvalue weighted by Crippen LogP contribution is 2.23. The van der Waals surface area contributed by atoms with Gasteiger partial charge in [0.15, 0.2) is 0 Å². The van der Waals surface area contributed by atoms with Gasteiger partial charge in [0.25, 0.3) is 11.8 Å².